The second kappa shape index (κ2) is 4.13. The van der Waals surface area contributed by atoms with Crippen LogP contribution in [0.5, 0.6) is 0 Å². The topological polar surface area (TPSA) is 25.2 Å². The Morgan fingerprint density at radius 3 is 2.47 bits per heavy atom. The van der Waals surface area contributed by atoms with Gasteiger partial charge in [0.2, 0.25) is 0 Å². The first-order chi connectivity index (χ1) is 7.24. The number of furan rings is 1. The van der Waals surface area contributed by atoms with Crippen LogP contribution in [0.2, 0.25) is 0 Å². The summed E-state index contributed by atoms with van der Waals surface area (Å²) in [6.07, 6.45) is 1.54. The van der Waals surface area contributed by atoms with Crippen LogP contribution in [0, 0.1) is 11.6 Å². The quantitative estimate of drug-likeness (QED) is 0.839. The molecule has 1 aromatic heterocycles. The van der Waals surface area contributed by atoms with E-state index in [9.17, 15) is 8.78 Å². The van der Waals surface area contributed by atoms with Crippen molar-refractivity contribution in [2.24, 2.45) is 0 Å². The number of nitrogens with one attached hydrogen (secondary N) is 1. The molecule has 0 bridgehead atoms. The first-order valence-electron chi connectivity index (χ1n) is 4.46. The number of anilines is 1. The van der Waals surface area contributed by atoms with Gasteiger partial charge in [0.1, 0.15) is 17.4 Å². The standard InChI is InChI=1S/C11H9F2NO/c12-8-4-9(13)6-10(5-8)14-7-11-2-1-3-15-11/h1-6,14H,7H2. The van der Waals surface area contributed by atoms with E-state index in [0.717, 1.165) is 6.07 Å². The van der Waals surface area contributed by atoms with E-state index in [1.807, 2.05) is 0 Å². The SMILES string of the molecule is Fc1cc(F)cc(NCc2ccco2)c1. The summed E-state index contributed by atoms with van der Waals surface area (Å²) >= 11 is 0. The molecule has 0 aliphatic heterocycles. The number of rotatable bonds is 3. The van der Waals surface area contributed by atoms with Gasteiger partial charge in [-0.25, -0.2) is 8.78 Å². The van der Waals surface area contributed by atoms with E-state index in [-0.39, 0.29) is 0 Å². The van der Waals surface area contributed by atoms with Gasteiger partial charge in [-0.15, -0.1) is 0 Å². The molecule has 2 aromatic rings. The van der Waals surface area contributed by atoms with Crippen LogP contribution in [0.4, 0.5) is 14.5 Å². The Bertz CT molecular complexity index is 420. The van der Waals surface area contributed by atoms with Crippen LogP contribution in [0.3, 0.4) is 0 Å². The molecule has 2 nitrogen and oxygen atoms in total. The molecule has 2 rings (SSSR count). The molecule has 4 heteroatoms. The van der Waals surface area contributed by atoms with Crippen LogP contribution >= 0.6 is 0 Å². The summed E-state index contributed by atoms with van der Waals surface area (Å²) in [5.74, 6) is -0.492. The summed E-state index contributed by atoms with van der Waals surface area (Å²) in [4.78, 5) is 0. The third kappa shape index (κ3) is 2.56. The summed E-state index contributed by atoms with van der Waals surface area (Å²) in [5, 5.41) is 2.85. The third-order valence-electron chi connectivity index (χ3n) is 1.91. The average Bonchev–Trinajstić information content (AvgIpc) is 2.65. The molecule has 0 amide bonds. The van der Waals surface area contributed by atoms with Gasteiger partial charge in [0, 0.05) is 11.8 Å². The largest absolute Gasteiger partial charge is 0.467 e. The second-order valence-electron chi connectivity index (χ2n) is 3.09. The molecule has 0 aliphatic carbocycles. The van der Waals surface area contributed by atoms with Gasteiger partial charge in [0.25, 0.3) is 0 Å². The molecular formula is C11H9F2NO. The van der Waals surface area contributed by atoms with Crippen molar-refractivity contribution in [2.45, 2.75) is 6.54 Å². The molecule has 0 fully saturated rings. The van der Waals surface area contributed by atoms with Crippen molar-refractivity contribution in [3.8, 4) is 0 Å². The minimum absolute atomic E-state index is 0.393. The number of halogens is 2. The van der Waals surface area contributed by atoms with Gasteiger partial charge in [-0.05, 0) is 24.3 Å². The number of hydrogen-bond acceptors (Lipinski definition) is 2. The van der Waals surface area contributed by atoms with Gasteiger partial charge in [0.15, 0.2) is 0 Å². The van der Waals surface area contributed by atoms with Gasteiger partial charge in [-0.2, -0.15) is 0 Å². The van der Waals surface area contributed by atoms with Crippen molar-refractivity contribution < 1.29 is 13.2 Å². The maximum absolute atomic E-state index is 12.8. The second-order valence-corrected chi connectivity index (χ2v) is 3.09. The molecule has 0 saturated carbocycles. The monoisotopic (exact) mass is 209 g/mol. The minimum Gasteiger partial charge on any atom is -0.467 e. The molecule has 0 aliphatic rings. The predicted molar refractivity (Wildman–Crippen MR) is 52.4 cm³/mol. The lowest BCUT2D eigenvalue weighted by Crippen LogP contribution is -1.98. The van der Waals surface area contributed by atoms with Crippen molar-refractivity contribution in [3.05, 3.63) is 54.0 Å². The van der Waals surface area contributed by atoms with Crippen molar-refractivity contribution in [3.63, 3.8) is 0 Å². The first kappa shape index (κ1) is 9.71. The summed E-state index contributed by atoms with van der Waals surface area (Å²) in [6.45, 7) is 0.399. The zero-order chi connectivity index (χ0) is 10.7. The molecular weight excluding hydrogens is 200 g/mol. The normalized spacial score (nSPS) is 10.3. The Morgan fingerprint density at radius 2 is 1.87 bits per heavy atom. The Hall–Kier alpha value is -1.84. The highest BCUT2D eigenvalue weighted by Crippen LogP contribution is 2.14. The van der Waals surface area contributed by atoms with Crippen LogP contribution in [0.25, 0.3) is 0 Å². The van der Waals surface area contributed by atoms with E-state index < -0.39 is 11.6 Å². The maximum Gasteiger partial charge on any atom is 0.128 e. The zero-order valence-electron chi connectivity index (χ0n) is 7.84. The Labute approximate surface area is 85.5 Å². The van der Waals surface area contributed by atoms with Gasteiger partial charge < -0.3 is 9.73 Å². The summed E-state index contributed by atoms with van der Waals surface area (Å²) < 4.78 is 30.6. The van der Waals surface area contributed by atoms with Crippen LogP contribution in [-0.2, 0) is 6.54 Å². The Kier molecular flexibility index (Phi) is 2.67. The molecule has 0 atom stereocenters. The molecule has 1 N–H and O–H groups in total. The van der Waals surface area contributed by atoms with Crippen LogP contribution in [0.15, 0.2) is 41.0 Å². The van der Waals surface area contributed by atoms with Crippen molar-refractivity contribution in [1.29, 1.82) is 0 Å². The highest BCUT2D eigenvalue weighted by Gasteiger charge is 2.00. The molecule has 0 unspecified atom stereocenters. The third-order valence-corrected chi connectivity index (χ3v) is 1.91. The fraction of sp³-hybridized carbons (Fsp3) is 0.0909. The summed E-state index contributed by atoms with van der Waals surface area (Å²) in [7, 11) is 0. The summed E-state index contributed by atoms with van der Waals surface area (Å²) in [5.41, 5.74) is 0.393. The van der Waals surface area contributed by atoms with Crippen molar-refractivity contribution >= 4 is 5.69 Å². The van der Waals surface area contributed by atoms with Crippen LogP contribution in [0.1, 0.15) is 5.76 Å². The van der Waals surface area contributed by atoms with E-state index >= 15 is 0 Å². The number of hydrogen-bond donors (Lipinski definition) is 1. The lowest BCUT2D eigenvalue weighted by atomic mass is 10.3. The van der Waals surface area contributed by atoms with E-state index in [0.29, 0.717) is 18.0 Å². The minimum atomic E-state index is -0.600. The highest BCUT2D eigenvalue weighted by molar-refractivity contribution is 5.43. The molecule has 0 radical (unpaired) electrons. The molecule has 15 heavy (non-hydrogen) atoms. The highest BCUT2D eigenvalue weighted by atomic mass is 19.1. The van der Waals surface area contributed by atoms with Gasteiger partial charge in [-0.3, -0.25) is 0 Å². The average molecular weight is 209 g/mol. The van der Waals surface area contributed by atoms with E-state index in [1.165, 1.54) is 12.1 Å². The van der Waals surface area contributed by atoms with Gasteiger partial charge >= 0.3 is 0 Å². The van der Waals surface area contributed by atoms with Crippen LogP contribution in [-0.4, -0.2) is 0 Å². The van der Waals surface area contributed by atoms with Crippen LogP contribution < -0.4 is 5.32 Å². The predicted octanol–water partition coefficient (Wildman–Crippen LogP) is 3.17. The number of benzene rings is 1. The van der Waals surface area contributed by atoms with Gasteiger partial charge in [0.05, 0.1) is 12.8 Å². The Balaban J connectivity index is 2.05. The van der Waals surface area contributed by atoms with E-state index in [4.69, 9.17) is 4.42 Å². The van der Waals surface area contributed by atoms with Crippen molar-refractivity contribution in [2.75, 3.05) is 5.32 Å². The fourth-order valence-corrected chi connectivity index (χ4v) is 1.26. The maximum atomic E-state index is 12.8. The van der Waals surface area contributed by atoms with E-state index in [1.54, 1.807) is 18.4 Å². The summed E-state index contributed by atoms with van der Waals surface area (Å²) in [6, 6.07) is 6.82. The smallest absolute Gasteiger partial charge is 0.128 e. The van der Waals surface area contributed by atoms with Gasteiger partial charge in [-0.1, -0.05) is 0 Å². The fourth-order valence-electron chi connectivity index (χ4n) is 1.26. The zero-order valence-corrected chi connectivity index (χ0v) is 7.84. The molecule has 0 spiro atoms. The van der Waals surface area contributed by atoms with E-state index in [2.05, 4.69) is 5.32 Å². The van der Waals surface area contributed by atoms with Crippen molar-refractivity contribution in [1.82, 2.24) is 0 Å². The molecule has 1 aromatic carbocycles. The Morgan fingerprint density at radius 1 is 1.13 bits per heavy atom. The lowest BCUT2D eigenvalue weighted by Gasteiger charge is -2.04. The first-order valence-corrected chi connectivity index (χ1v) is 4.46. The molecule has 1 heterocycles. The lowest BCUT2D eigenvalue weighted by molar-refractivity contribution is 0.517. The molecule has 0 saturated heterocycles. The molecule has 78 valence electrons.